The van der Waals surface area contributed by atoms with Crippen molar-refractivity contribution in [2.24, 2.45) is 0 Å². The van der Waals surface area contributed by atoms with E-state index in [0.717, 1.165) is 24.5 Å². The summed E-state index contributed by atoms with van der Waals surface area (Å²) < 4.78 is 10.7. The maximum absolute atomic E-state index is 5.72. The number of hydrogen-bond donors (Lipinski definition) is 1. The molecule has 0 saturated carbocycles. The van der Waals surface area contributed by atoms with Crippen molar-refractivity contribution in [1.29, 1.82) is 0 Å². The predicted octanol–water partition coefficient (Wildman–Crippen LogP) is 2.85. The van der Waals surface area contributed by atoms with Gasteiger partial charge in [0.15, 0.2) is 5.76 Å². The smallest absolute Gasteiger partial charge is 0.174 e. The molecule has 4 nitrogen and oxygen atoms in total. The molecule has 0 radical (unpaired) electrons. The molecule has 1 unspecified atom stereocenters. The van der Waals surface area contributed by atoms with Gasteiger partial charge < -0.3 is 14.6 Å². The van der Waals surface area contributed by atoms with E-state index in [1.165, 1.54) is 17.5 Å². The van der Waals surface area contributed by atoms with Gasteiger partial charge in [-0.15, -0.1) is 0 Å². The zero-order valence-corrected chi connectivity index (χ0v) is 11.1. The Bertz CT molecular complexity index is 537. The highest BCUT2D eigenvalue weighted by atomic mass is 16.5. The first-order valence-corrected chi connectivity index (χ1v) is 6.75. The third-order valence-corrected chi connectivity index (χ3v) is 3.52. The summed E-state index contributed by atoms with van der Waals surface area (Å²) in [5.41, 5.74) is 2.80. The van der Waals surface area contributed by atoms with E-state index in [1.54, 1.807) is 6.20 Å². The van der Waals surface area contributed by atoms with E-state index in [-0.39, 0.29) is 0 Å². The quantitative estimate of drug-likeness (QED) is 0.895. The number of aromatic nitrogens is 1. The average molecular weight is 258 g/mol. The first kappa shape index (κ1) is 12.2. The number of aryl methyl sites for hydroxylation is 1. The summed E-state index contributed by atoms with van der Waals surface area (Å²) in [4.78, 5) is 0. The van der Waals surface area contributed by atoms with Crippen LogP contribution in [-0.2, 0) is 13.0 Å². The molecule has 100 valence electrons. The molecule has 0 amide bonds. The minimum absolute atomic E-state index is 0.426. The van der Waals surface area contributed by atoms with E-state index >= 15 is 0 Å². The van der Waals surface area contributed by atoms with Crippen LogP contribution in [0.1, 0.15) is 36.3 Å². The molecule has 1 N–H and O–H groups in total. The van der Waals surface area contributed by atoms with E-state index in [2.05, 4.69) is 29.5 Å². The van der Waals surface area contributed by atoms with Crippen LogP contribution in [0.4, 0.5) is 0 Å². The molecule has 1 aliphatic rings. The first-order chi connectivity index (χ1) is 9.36. The fraction of sp³-hybridized carbons (Fsp3) is 0.400. The highest BCUT2D eigenvalue weighted by molar-refractivity contribution is 5.40. The number of ether oxygens (including phenoxy) is 1. The molecule has 0 fully saturated rings. The summed E-state index contributed by atoms with van der Waals surface area (Å²) >= 11 is 0. The van der Waals surface area contributed by atoms with Crippen molar-refractivity contribution in [2.75, 3.05) is 6.54 Å². The van der Waals surface area contributed by atoms with Crippen molar-refractivity contribution in [3.8, 4) is 5.75 Å². The lowest BCUT2D eigenvalue weighted by atomic mass is 10.1. The van der Waals surface area contributed by atoms with Gasteiger partial charge in [-0.3, -0.25) is 0 Å². The molecule has 0 saturated heterocycles. The Morgan fingerprint density at radius 2 is 2.37 bits per heavy atom. The van der Waals surface area contributed by atoms with Crippen molar-refractivity contribution < 1.29 is 9.26 Å². The second-order valence-corrected chi connectivity index (χ2v) is 4.78. The van der Waals surface area contributed by atoms with E-state index in [1.807, 2.05) is 12.1 Å². The van der Waals surface area contributed by atoms with E-state index in [9.17, 15) is 0 Å². The zero-order chi connectivity index (χ0) is 13.1. The van der Waals surface area contributed by atoms with Crippen LogP contribution >= 0.6 is 0 Å². The van der Waals surface area contributed by atoms with Crippen molar-refractivity contribution >= 4 is 0 Å². The average Bonchev–Trinajstić information content (AvgIpc) is 3.06. The van der Waals surface area contributed by atoms with Gasteiger partial charge in [-0.2, -0.15) is 0 Å². The number of nitrogens with zero attached hydrogens (tertiary/aromatic N) is 1. The number of nitrogens with one attached hydrogen (secondary N) is 1. The molecular weight excluding hydrogens is 240 g/mol. The molecule has 0 bridgehead atoms. The Hall–Kier alpha value is -1.81. The molecule has 0 aliphatic heterocycles. The lowest BCUT2D eigenvalue weighted by molar-refractivity contribution is 0.249. The van der Waals surface area contributed by atoms with Crippen LogP contribution in [0.2, 0.25) is 0 Å². The molecular formula is C15H18N2O2. The number of benzene rings is 1. The molecule has 1 aliphatic carbocycles. The maximum atomic E-state index is 5.72. The van der Waals surface area contributed by atoms with Gasteiger partial charge in [-0.25, -0.2) is 0 Å². The molecule has 19 heavy (non-hydrogen) atoms. The van der Waals surface area contributed by atoms with Gasteiger partial charge in [-0.05, 0) is 42.6 Å². The SMILES string of the molecule is CCNC1CCc2cc(OCc3ccno3)ccc21. The lowest BCUT2D eigenvalue weighted by Gasteiger charge is -2.12. The van der Waals surface area contributed by atoms with Crippen molar-refractivity contribution in [3.05, 3.63) is 47.3 Å². The van der Waals surface area contributed by atoms with Crippen LogP contribution in [0.15, 0.2) is 35.0 Å². The van der Waals surface area contributed by atoms with Gasteiger partial charge in [0.2, 0.25) is 0 Å². The van der Waals surface area contributed by atoms with E-state index in [4.69, 9.17) is 9.26 Å². The second-order valence-electron chi connectivity index (χ2n) is 4.78. The molecule has 0 spiro atoms. The minimum Gasteiger partial charge on any atom is -0.486 e. The van der Waals surface area contributed by atoms with Crippen LogP contribution in [-0.4, -0.2) is 11.7 Å². The number of hydrogen-bond acceptors (Lipinski definition) is 4. The third kappa shape index (κ3) is 2.63. The number of fused-ring (bicyclic) bond motifs is 1. The Labute approximate surface area is 112 Å². The highest BCUT2D eigenvalue weighted by Crippen LogP contribution is 2.33. The van der Waals surface area contributed by atoms with E-state index < -0.39 is 0 Å². The largest absolute Gasteiger partial charge is 0.486 e. The van der Waals surface area contributed by atoms with Crippen molar-refractivity contribution in [1.82, 2.24) is 10.5 Å². The maximum Gasteiger partial charge on any atom is 0.174 e. The number of rotatable bonds is 5. The summed E-state index contributed by atoms with van der Waals surface area (Å²) in [5.74, 6) is 1.64. The van der Waals surface area contributed by atoms with Crippen LogP contribution in [0.3, 0.4) is 0 Å². The van der Waals surface area contributed by atoms with Crippen molar-refractivity contribution in [2.45, 2.75) is 32.4 Å². The van der Waals surface area contributed by atoms with Gasteiger partial charge in [0.25, 0.3) is 0 Å². The fourth-order valence-electron chi connectivity index (χ4n) is 2.61. The molecule has 3 rings (SSSR count). The van der Waals surface area contributed by atoms with E-state index in [0.29, 0.717) is 12.6 Å². The molecule has 1 heterocycles. The highest BCUT2D eigenvalue weighted by Gasteiger charge is 2.21. The molecule has 2 aromatic rings. The monoisotopic (exact) mass is 258 g/mol. The Morgan fingerprint density at radius 1 is 1.42 bits per heavy atom. The van der Waals surface area contributed by atoms with Crippen LogP contribution in [0, 0.1) is 0 Å². The third-order valence-electron chi connectivity index (χ3n) is 3.52. The lowest BCUT2D eigenvalue weighted by Crippen LogP contribution is -2.18. The Balaban J connectivity index is 1.68. The summed E-state index contributed by atoms with van der Waals surface area (Å²) in [5, 5.41) is 7.17. The van der Waals surface area contributed by atoms with Gasteiger partial charge in [-0.1, -0.05) is 18.1 Å². The van der Waals surface area contributed by atoms with Gasteiger partial charge >= 0.3 is 0 Å². The topological polar surface area (TPSA) is 47.3 Å². The van der Waals surface area contributed by atoms with Crippen LogP contribution < -0.4 is 10.1 Å². The normalized spacial score (nSPS) is 17.4. The Morgan fingerprint density at radius 3 is 3.16 bits per heavy atom. The first-order valence-electron chi connectivity index (χ1n) is 6.75. The molecule has 1 aromatic carbocycles. The molecule has 1 atom stereocenters. The fourth-order valence-corrected chi connectivity index (χ4v) is 2.61. The predicted molar refractivity (Wildman–Crippen MR) is 72.0 cm³/mol. The van der Waals surface area contributed by atoms with Gasteiger partial charge in [0, 0.05) is 12.1 Å². The molecule has 4 heteroatoms. The summed E-state index contributed by atoms with van der Waals surface area (Å²) in [6.07, 6.45) is 3.92. The van der Waals surface area contributed by atoms with Crippen molar-refractivity contribution in [3.63, 3.8) is 0 Å². The zero-order valence-electron chi connectivity index (χ0n) is 11.1. The summed E-state index contributed by atoms with van der Waals surface area (Å²) in [6, 6.07) is 8.66. The molecule has 1 aromatic heterocycles. The minimum atomic E-state index is 0.426. The second kappa shape index (κ2) is 5.45. The summed E-state index contributed by atoms with van der Waals surface area (Å²) in [7, 11) is 0. The Kier molecular flexibility index (Phi) is 3.51. The standard InChI is InChI=1S/C15H18N2O2/c1-2-16-15-6-3-11-9-12(4-5-14(11)15)18-10-13-7-8-17-19-13/h4-5,7-9,15-16H,2-3,6,10H2,1H3. The van der Waals surface area contributed by atoms with Crippen LogP contribution in [0.25, 0.3) is 0 Å². The van der Waals surface area contributed by atoms with Gasteiger partial charge in [0.1, 0.15) is 12.4 Å². The van der Waals surface area contributed by atoms with Crippen LogP contribution in [0.5, 0.6) is 5.75 Å². The van der Waals surface area contributed by atoms with Gasteiger partial charge in [0.05, 0.1) is 6.20 Å². The summed E-state index contributed by atoms with van der Waals surface area (Å²) in [6.45, 7) is 3.58.